The van der Waals surface area contributed by atoms with Crippen LogP contribution in [0.4, 0.5) is 17.1 Å². The van der Waals surface area contributed by atoms with E-state index in [0.29, 0.717) is 0 Å². The van der Waals surface area contributed by atoms with Gasteiger partial charge in [0.05, 0.1) is 5.69 Å². The van der Waals surface area contributed by atoms with Gasteiger partial charge in [-0.2, -0.15) is 0 Å². The van der Waals surface area contributed by atoms with Crippen molar-refractivity contribution in [2.24, 2.45) is 0 Å². The minimum atomic E-state index is -0.144. The summed E-state index contributed by atoms with van der Waals surface area (Å²) in [4.78, 5) is 2.53. The van der Waals surface area contributed by atoms with Gasteiger partial charge in [0.2, 0.25) is 0 Å². The first-order valence-electron chi connectivity index (χ1n) is 23.0. The van der Waals surface area contributed by atoms with Crippen LogP contribution in [0.1, 0.15) is 49.9 Å². The van der Waals surface area contributed by atoms with Crippen molar-refractivity contribution in [3.05, 3.63) is 235 Å². The monoisotopic (exact) mass is 829 g/mol. The van der Waals surface area contributed by atoms with E-state index >= 15 is 0 Å². The zero-order valence-corrected chi connectivity index (χ0v) is 37.2. The Hall–Kier alpha value is -7.74. The number of fused-ring (bicyclic) bond motifs is 9. The van der Waals surface area contributed by atoms with Gasteiger partial charge in [-0.15, -0.1) is 0 Å². The zero-order chi connectivity index (χ0) is 43.6. The van der Waals surface area contributed by atoms with E-state index in [2.05, 4.69) is 245 Å². The maximum absolute atomic E-state index is 2.53. The molecule has 1 nitrogen and oxygen atoms in total. The van der Waals surface area contributed by atoms with Gasteiger partial charge in [-0.1, -0.05) is 210 Å². The molecule has 0 heterocycles. The lowest BCUT2D eigenvalue weighted by Crippen LogP contribution is -2.18. The molecule has 0 spiro atoms. The van der Waals surface area contributed by atoms with E-state index in [1.807, 2.05) is 0 Å². The summed E-state index contributed by atoms with van der Waals surface area (Å²) in [5, 5.41) is 2.65. The van der Waals surface area contributed by atoms with Gasteiger partial charge in [-0.25, -0.2) is 0 Å². The second-order valence-electron chi connectivity index (χ2n) is 19.2. The fourth-order valence-corrected chi connectivity index (χ4v) is 11.8. The fourth-order valence-electron chi connectivity index (χ4n) is 11.8. The highest BCUT2D eigenvalue weighted by Crippen LogP contribution is 2.55. The highest BCUT2D eigenvalue weighted by atomic mass is 15.1. The zero-order valence-electron chi connectivity index (χ0n) is 37.2. The molecular weight excluding hydrogens is 783 g/mol. The molecule has 0 aliphatic heterocycles. The van der Waals surface area contributed by atoms with Gasteiger partial charge in [-0.3, -0.25) is 0 Å². The summed E-state index contributed by atoms with van der Waals surface area (Å²) in [6.45, 7) is 9.51. The maximum Gasteiger partial charge on any atom is 0.0546 e. The van der Waals surface area contributed by atoms with Gasteiger partial charge < -0.3 is 4.90 Å². The molecule has 0 radical (unpaired) electrons. The second kappa shape index (κ2) is 13.9. The predicted molar refractivity (Wildman–Crippen MR) is 274 cm³/mol. The van der Waals surface area contributed by atoms with Crippen LogP contribution in [0.3, 0.4) is 0 Å². The molecule has 0 amide bonds. The lowest BCUT2D eigenvalue weighted by atomic mass is 9.82. The SMILES string of the molecule is CC1(C)c2ccccc2-c2ccc(N(c3ccc4c(c3)C(C)(C)c3ccccc3-4)c3cc(-c4ccc(-c5cccc6c5-c5cccc7cccc-6c57)cc4)ccc3-c3ccccc3)cc21. The second-order valence-corrected chi connectivity index (χ2v) is 19.2. The number of nitrogens with zero attached hydrogens (tertiary/aromatic N) is 1. The highest BCUT2D eigenvalue weighted by molar-refractivity contribution is 6.18. The molecule has 0 bridgehead atoms. The Bertz CT molecular complexity index is 3480. The predicted octanol–water partition coefficient (Wildman–Crippen LogP) is 17.6. The molecule has 0 unspecified atom stereocenters. The molecule has 0 N–H and O–H groups in total. The molecule has 10 aromatic carbocycles. The summed E-state index contributed by atoms with van der Waals surface area (Å²) in [5.41, 5.74) is 26.5. The lowest BCUT2D eigenvalue weighted by molar-refractivity contribution is 0.660. The van der Waals surface area contributed by atoms with Crippen molar-refractivity contribution < 1.29 is 0 Å². The molecule has 10 aromatic rings. The molecule has 3 aliphatic carbocycles. The van der Waals surface area contributed by atoms with Gasteiger partial charge in [0.1, 0.15) is 0 Å². The largest absolute Gasteiger partial charge is 0.310 e. The van der Waals surface area contributed by atoms with E-state index < -0.39 is 0 Å². The highest BCUT2D eigenvalue weighted by Gasteiger charge is 2.38. The summed E-state index contributed by atoms with van der Waals surface area (Å²) >= 11 is 0. The van der Waals surface area contributed by atoms with Crippen LogP contribution in [-0.2, 0) is 10.8 Å². The van der Waals surface area contributed by atoms with E-state index in [1.54, 1.807) is 0 Å². The topological polar surface area (TPSA) is 3.24 Å². The van der Waals surface area contributed by atoms with Gasteiger partial charge in [0.25, 0.3) is 0 Å². The Balaban J connectivity index is 0.987. The van der Waals surface area contributed by atoms with E-state index in [0.717, 1.165) is 17.1 Å². The average Bonchev–Trinajstić information content (AvgIpc) is 3.89. The van der Waals surface area contributed by atoms with Gasteiger partial charge >= 0.3 is 0 Å². The average molecular weight is 830 g/mol. The Labute approximate surface area is 382 Å². The van der Waals surface area contributed by atoms with Crippen LogP contribution < -0.4 is 4.90 Å². The third kappa shape index (κ3) is 5.52. The van der Waals surface area contributed by atoms with Crippen molar-refractivity contribution in [2.45, 2.75) is 38.5 Å². The molecule has 3 aliphatic rings. The molecule has 1 heteroatoms. The Morgan fingerprint density at radius 1 is 0.292 bits per heavy atom. The van der Waals surface area contributed by atoms with Crippen molar-refractivity contribution in [1.29, 1.82) is 0 Å². The number of hydrogen-bond donors (Lipinski definition) is 0. The number of anilines is 3. The van der Waals surface area contributed by atoms with Crippen LogP contribution in [0.25, 0.3) is 88.7 Å². The third-order valence-electron chi connectivity index (χ3n) is 15.0. The van der Waals surface area contributed by atoms with Crippen molar-refractivity contribution >= 4 is 27.8 Å². The minimum absolute atomic E-state index is 0.144. The van der Waals surface area contributed by atoms with Crippen LogP contribution in [0.5, 0.6) is 0 Å². The normalized spacial score (nSPS) is 14.1. The number of hydrogen-bond acceptors (Lipinski definition) is 1. The smallest absolute Gasteiger partial charge is 0.0546 e. The molecule has 0 saturated heterocycles. The quantitative estimate of drug-likeness (QED) is 0.161. The summed E-state index contributed by atoms with van der Waals surface area (Å²) in [7, 11) is 0. The van der Waals surface area contributed by atoms with E-state index in [4.69, 9.17) is 0 Å². The van der Waals surface area contributed by atoms with Crippen LogP contribution in [0.15, 0.2) is 212 Å². The van der Waals surface area contributed by atoms with Crippen molar-refractivity contribution in [3.8, 4) is 77.9 Å². The van der Waals surface area contributed by atoms with E-state index in [1.165, 1.54) is 111 Å². The van der Waals surface area contributed by atoms with Crippen molar-refractivity contribution in [1.82, 2.24) is 0 Å². The third-order valence-corrected chi connectivity index (χ3v) is 15.0. The van der Waals surface area contributed by atoms with Gasteiger partial charge in [0.15, 0.2) is 0 Å². The van der Waals surface area contributed by atoms with Gasteiger partial charge in [-0.05, 0) is 136 Å². The molecule has 65 heavy (non-hydrogen) atoms. The molecule has 0 aromatic heterocycles. The van der Waals surface area contributed by atoms with E-state index in [9.17, 15) is 0 Å². The maximum atomic E-state index is 2.53. The van der Waals surface area contributed by atoms with Crippen molar-refractivity contribution in [3.63, 3.8) is 0 Å². The lowest BCUT2D eigenvalue weighted by Gasteiger charge is -2.31. The first-order valence-corrected chi connectivity index (χ1v) is 23.0. The number of rotatable bonds is 6. The summed E-state index contributed by atoms with van der Waals surface area (Å²) in [5.74, 6) is 0. The van der Waals surface area contributed by atoms with Crippen LogP contribution >= 0.6 is 0 Å². The fraction of sp³-hybridized carbons (Fsp3) is 0.0938. The van der Waals surface area contributed by atoms with Crippen LogP contribution in [0.2, 0.25) is 0 Å². The van der Waals surface area contributed by atoms with Crippen LogP contribution in [-0.4, -0.2) is 0 Å². The molecular formula is C64H47N. The first kappa shape index (κ1) is 37.8. The Morgan fingerprint density at radius 3 is 1.40 bits per heavy atom. The molecule has 308 valence electrons. The van der Waals surface area contributed by atoms with Gasteiger partial charge in [0, 0.05) is 27.8 Å². The van der Waals surface area contributed by atoms with E-state index in [-0.39, 0.29) is 10.8 Å². The summed E-state index contributed by atoms with van der Waals surface area (Å²) < 4.78 is 0. The molecule has 0 atom stereocenters. The minimum Gasteiger partial charge on any atom is -0.310 e. The standard InChI is InChI=1S/C64H47N/c1-63(2)56-25-10-8-19-49(56)51-35-32-45(38-58(51)63)65(46-33-36-52-50-20-9-11-26-57(50)64(3,4)59(52)39-46)60-37-44(31-34-47(60)41-15-6-5-7-16-41)40-27-29-42(30-28-40)48-21-14-23-54-53-22-12-17-43-18-13-24-55(61(43)53)62(48)54/h5-39H,1-4H3. The molecule has 0 saturated carbocycles. The summed E-state index contributed by atoms with van der Waals surface area (Å²) in [6.07, 6.45) is 0. The number of benzene rings is 10. The summed E-state index contributed by atoms with van der Waals surface area (Å²) in [6, 6.07) is 79.7. The van der Waals surface area contributed by atoms with Crippen LogP contribution in [0, 0.1) is 0 Å². The molecule has 0 fully saturated rings. The Morgan fingerprint density at radius 2 is 0.754 bits per heavy atom. The Kier molecular flexibility index (Phi) is 8.07. The van der Waals surface area contributed by atoms with Crippen molar-refractivity contribution in [2.75, 3.05) is 4.90 Å². The first-order chi connectivity index (χ1) is 31.8. The molecule has 13 rings (SSSR count).